The molecule has 0 aromatic carbocycles. The lowest BCUT2D eigenvalue weighted by Gasteiger charge is -2.31. The molecule has 53 heavy (non-hydrogen) atoms. The van der Waals surface area contributed by atoms with E-state index >= 15 is 0 Å². The molecule has 2 atom stereocenters. The first kappa shape index (κ1) is 50.4. The Balaban J connectivity index is 2.48. The third-order valence-corrected chi connectivity index (χ3v) is 12.9. The first-order valence-electron chi connectivity index (χ1n) is 25.2. The Labute approximate surface area is 337 Å². The van der Waals surface area contributed by atoms with Crippen molar-refractivity contribution in [3.05, 3.63) is 12.4 Å². The Morgan fingerprint density at radius 1 is 0.377 bits per heavy atom. The van der Waals surface area contributed by atoms with Crippen LogP contribution < -0.4 is 0 Å². The van der Waals surface area contributed by atoms with Crippen LogP contribution in [0.5, 0.6) is 0 Å². The van der Waals surface area contributed by atoms with Crippen molar-refractivity contribution >= 4 is 0 Å². The fourth-order valence-electron chi connectivity index (χ4n) is 8.99. The summed E-state index contributed by atoms with van der Waals surface area (Å²) in [6.45, 7) is 16.6. The zero-order valence-corrected chi connectivity index (χ0v) is 37.9. The maximum atomic E-state index is 2.73. The molecule has 0 bridgehead atoms. The molecule has 1 aliphatic rings. The van der Waals surface area contributed by atoms with Crippen LogP contribution in [0, 0.1) is 17.8 Å². The van der Waals surface area contributed by atoms with Gasteiger partial charge in [-0.1, -0.05) is 253 Å². The van der Waals surface area contributed by atoms with Crippen molar-refractivity contribution in [1.82, 2.24) is 9.80 Å². The number of unbranched alkanes of at least 4 members (excludes halogenated alkanes) is 24. The normalized spacial score (nSPS) is 14.4. The highest BCUT2D eigenvalue weighted by atomic mass is 15.3. The van der Waals surface area contributed by atoms with Crippen molar-refractivity contribution in [2.24, 2.45) is 17.8 Å². The fourth-order valence-corrected chi connectivity index (χ4v) is 8.99. The molecule has 2 unspecified atom stereocenters. The minimum atomic E-state index is 0.733. The molecule has 0 saturated heterocycles. The number of hydrogen-bond donors (Lipinski definition) is 0. The summed E-state index contributed by atoms with van der Waals surface area (Å²) in [5.41, 5.74) is 0. The van der Waals surface area contributed by atoms with Gasteiger partial charge in [0.1, 0.15) is 0 Å². The molecule has 0 N–H and O–H groups in total. The van der Waals surface area contributed by atoms with Crippen LogP contribution in [0.1, 0.15) is 279 Å². The van der Waals surface area contributed by atoms with E-state index in [1.165, 1.54) is 244 Å². The molecule has 1 rings (SSSR count). The molecule has 316 valence electrons. The molecule has 0 amide bonds. The van der Waals surface area contributed by atoms with Gasteiger partial charge in [-0.15, -0.1) is 0 Å². The van der Waals surface area contributed by atoms with Crippen molar-refractivity contribution in [2.45, 2.75) is 285 Å². The van der Waals surface area contributed by atoms with E-state index in [1.54, 1.807) is 0 Å². The predicted molar refractivity (Wildman–Crippen MR) is 242 cm³/mol. The van der Waals surface area contributed by atoms with Gasteiger partial charge >= 0.3 is 0 Å². The topological polar surface area (TPSA) is 6.48 Å². The van der Waals surface area contributed by atoms with Gasteiger partial charge in [-0.2, -0.15) is 0 Å². The Morgan fingerprint density at radius 2 is 0.792 bits per heavy atom. The number of rotatable bonds is 42. The van der Waals surface area contributed by atoms with Gasteiger partial charge in [0.05, 0.1) is 6.67 Å². The second kappa shape index (κ2) is 38.2. The molecule has 0 aliphatic carbocycles. The summed E-state index contributed by atoms with van der Waals surface area (Å²) in [6.07, 6.45) is 58.5. The molecule has 1 aliphatic heterocycles. The minimum absolute atomic E-state index is 0.733. The van der Waals surface area contributed by atoms with Gasteiger partial charge in [0.2, 0.25) is 0 Å². The van der Waals surface area contributed by atoms with Crippen molar-refractivity contribution in [2.75, 3.05) is 13.2 Å². The van der Waals surface area contributed by atoms with E-state index in [2.05, 4.69) is 63.7 Å². The van der Waals surface area contributed by atoms with Crippen LogP contribution in [0.4, 0.5) is 0 Å². The lowest BCUT2D eigenvalue weighted by molar-refractivity contribution is 0.182. The quantitative estimate of drug-likeness (QED) is 0.0575. The summed E-state index contributed by atoms with van der Waals surface area (Å²) < 4.78 is 0. The molecule has 0 spiro atoms. The third-order valence-electron chi connectivity index (χ3n) is 12.9. The lowest BCUT2D eigenvalue weighted by atomic mass is 9.88. The summed E-state index contributed by atoms with van der Waals surface area (Å²) in [7, 11) is 0. The van der Waals surface area contributed by atoms with E-state index in [9.17, 15) is 0 Å². The summed E-state index contributed by atoms with van der Waals surface area (Å²) in [6, 6.07) is 0.733. The second-order valence-corrected chi connectivity index (χ2v) is 18.8. The van der Waals surface area contributed by atoms with Crippen molar-refractivity contribution < 1.29 is 0 Å². The van der Waals surface area contributed by atoms with Gasteiger partial charge < -0.3 is 9.80 Å². The third kappa shape index (κ3) is 32.2. The molecule has 1 heterocycles. The Morgan fingerprint density at radius 3 is 1.25 bits per heavy atom. The molecule has 0 aromatic rings. The first-order chi connectivity index (χ1) is 26.0. The van der Waals surface area contributed by atoms with Crippen LogP contribution in [0.25, 0.3) is 0 Å². The Hall–Kier alpha value is -0.660. The largest absolute Gasteiger partial charge is 0.359 e. The van der Waals surface area contributed by atoms with Gasteiger partial charge in [0.15, 0.2) is 0 Å². The maximum absolute atomic E-state index is 2.73. The van der Waals surface area contributed by atoms with Crippen LogP contribution in [0.15, 0.2) is 12.4 Å². The first-order valence-corrected chi connectivity index (χ1v) is 25.2. The lowest BCUT2D eigenvalue weighted by Crippen LogP contribution is -2.34. The second-order valence-electron chi connectivity index (χ2n) is 18.8. The number of hydrogen-bond acceptors (Lipinski definition) is 2. The van der Waals surface area contributed by atoms with Gasteiger partial charge in [-0.05, 0) is 43.4 Å². The summed E-state index contributed by atoms with van der Waals surface area (Å²) in [5, 5.41) is 0. The van der Waals surface area contributed by atoms with E-state index in [4.69, 9.17) is 0 Å². The highest BCUT2D eigenvalue weighted by molar-refractivity contribution is 4.94. The van der Waals surface area contributed by atoms with E-state index in [-0.39, 0.29) is 0 Å². The Kier molecular flexibility index (Phi) is 36.3. The molecule has 0 saturated carbocycles. The molecule has 0 aromatic heterocycles. The van der Waals surface area contributed by atoms with E-state index in [0.717, 1.165) is 30.5 Å². The predicted octanol–water partition coefficient (Wildman–Crippen LogP) is 17.8. The summed E-state index contributed by atoms with van der Waals surface area (Å²) in [5.74, 6) is 2.70. The average Bonchev–Trinajstić information content (AvgIpc) is 3.62. The zero-order valence-electron chi connectivity index (χ0n) is 37.9. The van der Waals surface area contributed by atoms with Gasteiger partial charge in [-0.25, -0.2) is 0 Å². The minimum Gasteiger partial charge on any atom is -0.359 e. The molecular weight excluding hydrogens is 641 g/mol. The van der Waals surface area contributed by atoms with Gasteiger partial charge in [0, 0.05) is 25.0 Å². The van der Waals surface area contributed by atoms with E-state index < -0.39 is 0 Å². The molecule has 2 nitrogen and oxygen atoms in total. The maximum Gasteiger partial charge on any atom is 0.0896 e. The standard InChI is InChI=1S/C51H102N2/c1-7-10-13-15-17-19-21-23-25-27-29-31-38-50(39-32-30-28-26-24-22-20-18-16-14-11-8-2)40-33-34-41-51(43-42-49(6)37-35-36-48(4)5)53-46-45-52(47-53)44-12-9-3/h45-46,48-51H,7-44,47H2,1-6H3. The van der Waals surface area contributed by atoms with Gasteiger partial charge in [-0.3, -0.25) is 0 Å². The number of nitrogens with zero attached hydrogens (tertiary/aromatic N) is 2. The molecule has 0 fully saturated rings. The Bertz CT molecular complexity index is 717. The van der Waals surface area contributed by atoms with Crippen LogP contribution >= 0.6 is 0 Å². The molecular formula is C51H102N2. The molecule has 2 heteroatoms. The van der Waals surface area contributed by atoms with Crippen LogP contribution in [-0.4, -0.2) is 29.1 Å². The van der Waals surface area contributed by atoms with Crippen LogP contribution in [0.3, 0.4) is 0 Å². The van der Waals surface area contributed by atoms with E-state index in [0.29, 0.717) is 0 Å². The monoisotopic (exact) mass is 743 g/mol. The van der Waals surface area contributed by atoms with Crippen molar-refractivity contribution in [1.29, 1.82) is 0 Å². The average molecular weight is 743 g/mol. The molecule has 0 radical (unpaired) electrons. The van der Waals surface area contributed by atoms with Crippen molar-refractivity contribution in [3.8, 4) is 0 Å². The highest BCUT2D eigenvalue weighted by Gasteiger charge is 2.22. The van der Waals surface area contributed by atoms with E-state index in [1.807, 2.05) is 0 Å². The van der Waals surface area contributed by atoms with Crippen LogP contribution in [-0.2, 0) is 0 Å². The van der Waals surface area contributed by atoms with Crippen LogP contribution in [0.2, 0.25) is 0 Å². The highest BCUT2D eigenvalue weighted by Crippen LogP contribution is 2.28. The fraction of sp³-hybridized carbons (Fsp3) is 0.961. The zero-order chi connectivity index (χ0) is 38.5. The smallest absolute Gasteiger partial charge is 0.0896 e. The summed E-state index contributed by atoms with van der Waals surface area (Å²) >= 11 is 0. The summed E-state index contributed by atoms with van der Waals surface area (Å²) in [4.78, 5) is 5.30. The van der Waals surface area contributed by atoms with Gasteiger partial charge in [0.25, 0.3) is 0 Å². The SMILES string of the molecule is CCCCCCCCCCCCCCC(CCCCCCCCCCCCCC)CCCCC(CCC(C)CCCC(C)C)N1C=CN(CCCC)C1. The van der Waals surface area contributed by atoms with Crippen molar-refractivity contribution in [3.63, 3.8) is 0 Å².